The summed E-state index contributed by atoms with van der Waals surface area (Å²) in [5.41, 5.74) is 1.23. The fourth-order valence-electron chi connectivity index (χ4n) is 1.79. The standard InChI is InChI=1S/C12H14N4O3/c1-3-13-11(17)7(2)16-10-5-4-8(12(18)19)6-9(10)14-15-16/h4-7H,3H2,1-2H3,(H,13,17)(H,18,19). The van der Waals surface area contributed by atoms with E-state index in [0.717, 1.165) is 0 Å². The number of hydrogen-bond acceptors (Lipinski definition) is 4. The fourth-order valence-corrected chi connectivity index (χ4v) is 1.79. The average Bonchev–Trinajstić information content (AvgIpc) is 2.80. The molecule has 100 valence electrons. The molecule has 0 aliphatic heterocycles. The molecule has 0 bridgehead atoms. The Balaban J connectivity index is 2.40. The highest BCUT2D eigenvalue weighted by Gasteiger charge is 2.18. The van der Waals surface area contributed by atoms with Crippen molar-refractivity contribution in [1.82, 2.24) is 20.3 Å². The molecule has 0 saturated carbocycles. The summed E-state index contributed by atoms with van der Waals surface area (Å²) in [6, 6.07) is 4.01. The first-order chi connectivity index (χ1) is 9.04. The predicted octanol–water partition coefficient (Wildman–Crippen LogP) is 0.827. The third-order valence-corrected chi connectivity index (χ3v) is 2.82. The Morgan fingerprint density at radius 3 is 2.84 bits per heavy atom. The molecule has 2 N–H and O–H groups in total. The number of aromatic carboxylic acids is 1. The van der Waals surface area contributed by atoms with Gasteiger partial charge in [0.1, 0.15) is 11.6 Å². The highest BCUT2D eigenvalue weighted by Crippen LogP contribution is 2.17. The van der Waals surface area contributed by atoms with Crippen molar-refractivity contribution in [2.75, 3.05) is 6.54 Å². The van der Waals surface area contributed by atoms with Gasteiger partial charge in [0, 0.05) is 6.54 Å². The van der Waals surface area contributed by atoms with Crippen molar-refractivity contribution in [3.63, 3.8) is 0 Å². The topological polar surface area (TPSA) is 97.1 Å². The van der Waals surface area contributed by atoms with Crippen molar-refractivity contribution in [2.45, 2.75) is 19.9 Å². The molecule has 1 heterocycles. The molecule has 0 saturated heterocycles. The SMILES string of the molecule is CCNC(=O)C(C)n1nnc2cc(C(=O)O)ccc21. The molecule has 7 heteroatoms. The monoisotopic (exact) mass is 262 g/mol. The lowest BCUT2D eigenvalue weighted by atomic mass is 10.2. The summed E-state index contributed by atoms with van der Waals surface area (Å²) >= 11 is 0. The lowest BCUT2D eigenvalue weighted by Gasteiger charge is -2.11. The molecular weight excluding hydrogens is 248 g/mol. The Morgan fingerprint density at radius 2 is 2.21 bits per heavy atom. The summed E-state index contributed by atoms with van der Waals surface area (Å²) in [5.74, 6) is -1.18. The molecule has 2 aromatic rings. The van der Waals surface area contributed by atoms with Gasteiger partial charge < -0.3 is 10.4 Å². The summed E-state index contributed by atoms with van der Waals surface area (Å²) in [5, 5.41) is 19.4. The zero-order chi connectivity index (χ0) is 14.0. The Labute approximate surface area is 109 Å². The number of benzene rings is 1. The van der Waals surface area contributed by atoms with Crippen molar-refractivity contribution in [1.29, 1.82) is 0 Å². The maximum Gasteiger partial charge on any atom is 0.335 e. The minimum atomic E-state index is -1.02. The molecule has 0 spiro atoms. The number of nitrogens with one attached hydrogen (secondary N) is 1. The van der Waals surface area contributed by atoms with Crippen LogP contribution in [0.2, 0.25) is 0 Å². The maximum atomic E-state index is 11.8. The smallest absolute Gasteiger partial charge is 0.335 e. The van der Waals surface area contributed by atoms with E-state index in [0.29, 0.717) is 17.6 Å². The van der Waals surface area contributed by atoms with Gasteiger partial charge >= 0.3 is 5.97 Å². The van der Waals surface area contributed by atoms with Gasteiger partial charge in [-0.25, -0.2) is 9.48 Å². The van der Waals surface area contributed by atoms with Crippen LogP contribution in [0.1, 0.15) is 30.2 Å². The van der Waals surface area contributed by atoms with Crippen LogP contribution in [0.5, 0.6) is 0 Å². The zero-order valence-electron chi connectivity index (χ0n) is 10.6. The van der Waals surface area contributed by atoms with Crippen molar-refractivity contribution >= 4 is 22.9 Å². The number of carbonyl (C=O) groups is 2. The van der Waals surface area contributed by atoms with Crippen LogP contribution < -0.4 is 5.32 Å². The number of amides is 1. The van der Waals surface area contributed by atoms with E-state index in [-0.39, 0.29) is 11.5 Å². The van der Waals surface area contributed by atoms with Crippen LogP contribution in [0.3, 0.4) is 0 Å². The fraction of sp³-hybridized carbons (Fsp3) is 0.333. The van der Waals surface area contributed by atoms with Crippen LogP contribution in [0.25, 0.3) is 11.0 Å². The van der Waals surface area contributed by atoms with Crippen molar-refractivity contribution in [3.8, 4) is 0 Å². The largest absolute Gasteiger partial charge is 0.478 e. The second-order valence-corrected chi connectivity index (χ2v) is 4.11. The third-order valence-electron chi connectivity index (χ3n) is 2.82. The first-order valence-electron chi connectivity index (χ1n) is 5.90. The maximum absolute atomic E-state index is 11.8. The molecule has 1 aromatic carbocycles. The molecule has 0 radical (unpaired) electrons. The average molecular weight is 262 g/mol. The molecule has 0 aliphatic carbocycles. The van der Waals surface area contributed by atoms with Gasteiger partial charge in [-0.1, -0.05) is 5.21 Å². The second kappa shape index (κ2) is 5.05. The van der Waals surface area contributed by atoms with Gasteiger partial charge in [0.25, 0.3) is 0 Å². The van der Waals surface area contributed by atoms with Gasteiger partial charge in [-0.15, -0.1) is 5.10 Å². The molecular formula is C12H14N4O3. The first kappa shape index (κ1) is 13.0. The third kappa shape index (κ3) is 2.40. The van der Waals surface area contributed by atoms with E-state index < -0.39 is 12.0 Å². The van der Waals surface area contributed by atoms with E-state index in [2.05, 4.69) is 15.6 Å². The van der Waals surface area contributed by atoms with Crippen molar-refractivity contribution in [2.24, 2.45) is 0 Å². The van der Waals surface area contributed by atoms with E-state index in [1.807, 2.05) is 6.92 Å². The van der Waals surface area contributed by atoms with E-state index in [4.69, 9.17) is 5.11 Å². The molecule has 1 unspecified atom stereocenters. The number of aromatic nitrogens is 3. The molecule has 0 aliphatic rings. The van der Waals surface area contributed by atoms with Crippen LogP contribution >= 0.6 is 0 Å². The molecule has 1 aromatic heterocycles. The predicted molar refractivity (Wildman–Crippen MR) is 67.9 cm³/mol. The van der Waals surface area contributed by atoms with E-state index >= 15 is 0 Å². The van der Waals surface area contributed by atoms with Gasteiger partial charge in [-0.3, -0.25) is 4.79 Å². The molecule has 19 heavy (non-hydrogen) atoms. The molecule has 1 amide bonds. The number of likely N-dealkylation sites (N-methyl/N-ethyl adjacent to an activating group) is 1. The zero-order valence-corrected chi connectivity index (χ0v) is 10.6. The normalized spacial score (nSPS) is 12.3. The lowest BCUT2D eigenvalue weighted by molar-refractivity contribution is -0.123. The Kier molecular flexibility index (Phi) is 3.46. The molecule has 7 nitrogen and oxygen atoms in total. The van der Waals surface area contributed by atoms with E-state index in [9.17, 15) is 9.59 Å². The summed E-state index contributed by atoms with van der Waals surface area (Å²) in [6.45, 7) is 4.09. The highest BCUT2D eigenvalue weighted by atomic mass is 16.4. The minimum absolute atomic E-state index is 0.144. The first-order valence-corrected chi connectivity index (χ1v) is 5.90. The van der Waals surface area contributed by atoms with Gasteiger partial charge in [-0.2, -0.15) is 0 Å². The highest BCUT2D eigenvalue weighted by molar-refractivity contribution is 5.92. The van der Waals surface area contributed by atoms with Crippen LogP contribution in [-0.4, -0.2) is 38.5 Å². The Hall–Kier alpha value is -2.44. The number of rotatable bonds is 4. The Morgan fingerprint density at radius 1 is 1.47 bits per heavy atom. The van der Waals surface area contributed by atoms with Crippen molar-refractivity contribution in [3.05, 3.63) is 23.8 Å². The van der Waals surface area contributed by atoms with Gasteiger partial charge in [0.2, 0.25) is 5.91 Å². The number of hydrogen-bond donors (Lipinski definition) is 2. The van der Waals surface area contributed by atoms with Crippen LogP contribution in [-0.2, 0) is 4.79 Å². The second-order valence-electron chi connectivity index (χ2n) is 4.11. The van der Waals surface area contributed by atoms with Crippen molar-refractivity contribution < 1.29 is 14.7 Å². The molecule has 0 fully saturated rings. The summed E-state index contributed by atoms with van der Waals surface area (Å²) in [7, 11) is 0. The van der Waals surface area contributed by atoms with Gasteiger partial charge in [0.05, 0.1) is 11.1 Å². The van der Waals surface area contributed by atoms with Crippen LogP contribution in [0.4, 0.5) is 0 Å². The van der Waals surface area contributed by atoms with Gasteiger partial charge in [0.15, 0.2) is 0 Å². The summed E-state index contributed by atoms with van der Waals surface area (Å²) < 4.78 is 1.48. The van der Waals surface area contributed by atoms with E-state index in [1.54, 1.807) is 13.0 Å². The van der Waals surface area contributed by atoms with Crippen LogP contribution in [0, 0.1) is 0 Å². The summed E-state index contributed by atoms with van der Waals surface area (Å²) in [4.78, 5) is 22.6. The van der Waals surface area contributed by atoms with E-state index in [1.165, 1.54) is 16.8 Å². The number of fused-ring (bicyclic) bond motifs is 1. The number of carboxylic acids is 1. The quantitative estimate of drug-likeness (QED) is 0.850. The number of carboxylic acid groups (broad SMARTS) is 1. The number of nitrogens with zero attached hydrogens (tertiary/aromatic N) is 3. The number of carbonyl (C=O) groups excluding carboxylic acids is 1. The van der Waals surface area contributed by atoms with Crippen LogP contribution in [0.15, 0.2) is 18.2 Å². The van der Waals surface area contributed by atoms with Gasteiger partial charge in [-0.05, 0) is 32.0 Å². The molecule has 1 atom stereocenters. The minimum Gasteiger partial charge on any atom is -0.478 e. The Bertz CT molecular complexity index is 635. The summed E-state index contributed by atoms with van der Waals surface area (Å²) in [6.07, 6.45) is 0. The lowest BCUT2D eigenvalue weighted by Crippen LogP contribution is -2.31. The molecule has 2 rings (SSSR count).